The van der Waals surface area contributed by atoms with E-state index < -0.39 is 6.04 Å². The first-order chi connectivity index (χ1) is 13.5. The van der Waals surface area contributed by atoms with Crippen LogP contribution in [0.3, 0.4) is 0 Å². The molecule has 0 saturated carbocycles. The Morgan fingerprint density at radius 3 is 2.50 bits per heavy atom. The molecule has 0 spiro atoms. The minimum Gasteiger partial charge on any atom is -0.336 e. The van der Waals surface area contributed by atoms with Crippen LogP contribution in [0.25, 0.3) is 0 Å². The van der Waals surface area contributed by atoms with E-state index in [9.17, 15) is 9.59 Å². The lowest BCUT2D eigenvalue weighted by atomic mass is 10.1. The topological polar surface area (TPSA) is 52.7 Å². The van der Waals surface area contributed by atoms with Gasteiger partial charge in [0.25, 0.3) is 5.91 Å². The number of anilines is 1. The Morgan fingerprint density at radius 2 is 1.82 bits per heavy atom. The second-order valence-electron chi connectivity index (χ2n) is 6.74. The molecule has 28 heavy (non-hydrogen) atoms. The first-order valence-corrected chi connectivity index (χ1v) is 10.3. The molecular weight excluding hydrogens is 438 g/mol. The number of halogens is 1. The predicted octanol–water partition coefficient (Wildman–Crippen LogP) is 3.84. The number of carbonyl (C=O) groups excluding carboxylic acids is 2. The number of likely N-dealkylation sites (N-methyl/N-ethyl adjacent to an activating group) is 1. The summed E-state index contributed by atoms with van der Waals surface area (Å²) in [7, 11) is 1.67. The van der Waals surface area contributed by atoms with Crippen LogP contribution < -0.4 is 5.32 Å². The van der Waals surface area contributed by atoms with Crippen LogP contribution in [0.15, 0.2) is 59.1 Å². The molecule has 1 aliphatic heterocycles. The minimum absolute atomic E-state index is 0.0741. The lowest BCUT2D eigenvalue weighted by Gasteiger charge is -2.23. The summed E-state index contributed by atoms with van der Waals surface area (Å²) in [6, 6.07) is 17.0. The Labute approximate surface area is 178 Å². The minimum atomic E-state index is -0.552. The van der Waals surface area contributed by atoms with E-state index in [0.29, 0.717) is 17.3 Å². The van der Waals surface area contributed by atoms with Crippen LogP contribution >= 0.6 is 28.1 Å². The van der Waals surface area contributed by atoms with Crippen molar-refractivity contribution >= 4 is 50.8 Å². The third-order valence-electron chi connectivity index (χ3n) is 4.74. The molecule has 2 aromatic carbocycles. The molecule has 1 atom stereocenters. The molecule has 1 aliphatic rings. The van der Waals surface area contributed by atoms with Gasteiger partial charge in [0, 0.05) is 23.8 Å². The van der Waals surface area contributed by atoms with E-state index in [1.165, 1.54) is 10.5 Å². The number of nitrogens with zero attached hydrogens (tertiary/aromatic N) is 2. The van der Waals surface area contributed by atoms with Crippen molar-refractivity contribution in [1.82, 2.24) is 9.80 Å². The number of thiocarbonyl (C=S) groups is 1. The summed E-state index contributed by atoms with van der Waals surface area (Å²) in [5.41, 5.74) is 1.95. The number of benzene rings is 2. The molecule has 0 bridgehead atoms. The molecule has 2 amide bonds. The van der Waals surface area contributed by atoms with Crippen LogP contribution in [0.2, 0.25) is 0 Å². The van der Waals surface area contributed by atoms with Crippen LogP contribution in [0.4, 0.5) is 5.69 Å². The highest BCUT2D eigenvalue weighted by molar-refractivity contribution is 9.10. The van der Waals surface area contributed by atoms with E-state index in [2.05, 4.69) is 33.4 Å². The third-order valence-corrected chi connectivity index (χ3v) is 5.78. The summed E-state index contributed by atoms with van der Waals surface area (Å²) in [5, 5.41) is 3.33. The third kappa shape index (κ3) is 4.97. The zero-order valence-electron chi connectivity index (χ0n) is 15.6. The zero-order chi connectivity index (χ0) is 20.1. The molecule has 0 aromatic heterocycles. The molecule has 2 aromatic rings. The quantitative estimate of drug-likeness (QED) is 0.639. The number of aryl methyl sites for hydroxylation is 1. The Balaban J connectivity index is 1.61. The monoisotopic (exact) mass is 459 g/mol. The molecule has 7 heteroatoms. The lowest BCUT2D eigenvalue weighted by molar-refractivity contribution is -0.130. The highest BCUT2D eigenvalue weighted by Crippen LogP contribution is 2.21. The highest BCUT2D eigenvalue weighted by atomic mass is 79.9. The number of hydrogen-bond acceptors (Lipinski definition) is 3. The number of amides is 2. The van der Waals surface area contributed by atoms with Crippen molar-refractivity contribution in [2.75, 3.05) is 18.9 Å². The van der Waals surface area contributed by atoms with E-state index in [0.717, 1.165) is 17.3 Å². The van der Waals surface area contributed by atoms with Gasteiger partial charge in [0.05, 0.1) is 6.42 Å². The predicted molar refractivity (Wildman–Crippen MR) is 118 cm³/mol. The van der Waals surface area contributed by atoms with Crippen LogP contribution in [0.1, 0.15) is 18.4 Å². The number of rotatable bonds is 7. The van der Waals surface area contributed by atoms with Crippen LogP contribution in [0, 0.1) is 0 Å². The fourth-order valence-electron chi connectivity index (χ4n) is 3.25. The second-order valence-corrected chi connectivity index (χ2v) is 8.02. The summed E-state index contributed by atoms with van der Waals surface area (Å²) in [6.07, 6.45) is 1.83. The van der Waals surface area contributed by atoms with Gasteiger partial charge in [-0.1, -0.05) is 46.3 Å². The van der Waals surface area contributed by atoms with Gasteiger partial charge in [0.1, 0.15) is 6.04 Å². The van der Waals surface area contributed by atoms with Crippen molar-refractivity contribution in [3.63, 3.8) is 0 Å². The zero-order valence-corrected chi connectivity index (χ0v) is 18.0. The Kier molecular flexibility index (Phi) is 6.80. The van der Waals surface area contributed by atoms with E-state index in [-0.39, 0.29) is 18.2 Å². The molecule has 0 aliphatic carbocycles. The second kappa shape index (κ2) is 9.30. The lowest BCUT2D eigenvalue weighted by Crippen LogP contribution is -2.38. The van der Waals surface area contributed by atoms with Gasteiger partial charge in [-0.2, -0.15) is 0 Å². The number of carbonyl (C=O) groups is 2. The van der Waals surface area contributed by atoms with Crippen molar-refractivity contribution in [2.24, 2.45) is 0 Å². The van der Waals surface area contributed by atoms with Gasteiger partial charge in [-0.05, 0) is 54.9 Å². The van der Waals surface area contributed by atoms with Crippen molar-refractivity contribution < 1.29 is 9.59 Å². The van der Waals surface area contributed by atoms with E-state index >= 15 is 0 Å². The summed E-state index contributed by atoms with van der Waals surface area (Å²) < 4.78 is 0.938. The van der Waals surface area contributed by atoms with Gasteiger partial charge < -0.3 is 10.2 Å². The number of hydrogen-bond donors (Lipinski definition) is 1. The van der Waals surface area contributed by atoms with E-state index in [1.807, 2.05) is 47.4 Å². The van der Waals surface area contributed by atoms with Gasteiger partial charge in [-0.3, -0.25) is 14.5 Å². The first-order valence-electron chi connectivity index (χ1n) is 9.13. The Morgan fingerprint density at radius 1 is 1.14 bits per heavy atom. The first kappa shape index (κ1) is 20.5. The van der Waals surface area contributed by atoms with Crippen LogP contribution in [0.5, 0.6) is 0 Å². The van der Waals surface area contributed by atoms with Crippen molar-refractivity contribution in [1.29, 1.82) is 0 Å². The van der Waals surface area contributed by atoms with E-state index in [4.69, 9.17) is 12.2 Å². The molecule has 146 valence electrons. The summed E-state index contributed by atoms with van der Waals surface area (Å²) in [6.45, 7) is 0.639. The SMILES string of the molecule is CN1C(=O)C(CC(=O)Nc2ccc(Br)cc2)N(CCCc2ccccc2)C1=S. The molecule has 1 heterocycles. The molecular formula is C21H22BrN3O2S. The standard InChI is InChI=1S/C21H22BrN3O2S/c1-24-20(27)18(14-19(26)23-17-11-9-16(22)10-12-17)25(21(24)28)13-5-8-15-6-3-2-4-7-15/h2-4,6-7,9-12,18H,5,8,13-14H2,1H3,(H,23,26). The Hall–Kier alpha value is -2.25. The maximum Gasteiger partial charge on any atom is 0.251 e. The molecule has 1 saturated heterocycles. The average molecular weight is 460 g/mol. The van der Waals surface area contributed by atoms with Gasteiger partial charge >= 0.3 is 0 Å². The molecule has 1 fully saturated rings. The van der Waals surface area contributed by atoms with Crippen LogP contribution in [-0.4, -0.2) is 46.4 Å². The number of nitrogens with one attached hydrogen (secondary N) is 1. The molecule has 1 N–H and O–H groups in total. The average Bonchev–Trinajstić information content (AvgIpc) is 2.89. The van der Waals surface area contributed by atoms with Crippen LogP contribution in [-0.2, 0) is 16.0 Å². The highest BCUT2D eigenvalue weighted by Gasteiger charge is 2.41. The van der Waals surface area contributed by atoms with Gasteiger partial charge in [-0.25, -0.2) is 0 Å². The van der Waals surface area contributed by atoms with Gasteiger partial charge in [-0.15, -0.1) is 0 Å². The molecule has 3 rings (SSSR count). The fourth-order valence-corrected chi connectivity index (χ4v) is 3.82. The summed E-state index contributed by atoms with van der Waals surface area (Å²) in [4.78, 5) is 28.4. The maximum atomic E-state index is 12.6. The smallest absolute Gasteiger partial charge is 0.251 e. The molecule has 0 radical (unpaired) electrons. The fraction of sp³-hybridized carbons (Fsp3) is 0.286. The van der Waals surface area contributed by atoms with Crippen molar-refractivity contribution in [2.45, 2.75) is 25.3 Å². The Bertz CT molecular complexity index is 858. The summed E-state index contributed by atoms with van der Waals surface area (Å²) in [5.74, 6) is -0.331. The van der Waals surface area contributed by atoms with Gasteiger partial charge in [0.2, 0.25) is 5.91 Å². The van der Waals surface area contributed by atoms with Crippen molar-refractivity contribution in [3.8, 4) is 0 Å². The summed E-state index contributed by atoms with van der Waals surface area (Å²) >= 11 is 8.81. The maximum absolute atomic E-state index is 12.6. The van der Waals surface area contributed by atoms with Crippen molar-refractivity contribution in [3.05, 3.63) is 64.6 Å². The van der Waals surface area contributed by atoms with E-state index in [1.54, 1.807) is 7.05 Å². The largest absolute Gasteiger partial charge is 0.336 e. The van der Waals surface area contributed by atoms with Gasteiger partial charge in [0.15, 0.2) is 5.11 Å². The molecule has 1 unspecified atom stereocenters. The normalized spacial score (nSPS) is 16.6. The molecule has 5 nitrogen and oxygen atoms in total.